The van der Waals surface area contributed by atoms with Crippen molar-refractivity contribution < 1.29 is 13.9 Å². The average Bonchev–Trinajstić information content (AvgIpc) is 3.05. The second-order valence-electron chi connectivity index (χ2n) is 15.1. The predicted molar refractivity (Wildman–Crippen MR) is 196 cm³/mol. The molecule has 1 unspecified atom stereocenters. The van der Waals surface area contributed by atoms with Crippen molar-refractivity contribution in [3.8, 4) is 22.8 Å². The van der Waals surface area contributed by atoms with E-state index in [-0.39, 0.29) is 38.0 Å². The first kappa shape index (κ1) is 35.1. The number of fused-ring (bicyclic) bond motifs is 2. The van der Waals surface area contributed by atoms with Gasteiger partial charge in [-0.1, -0.05) is 80.4 Å². The third-order valence-electron chi connectivity index (χ3n) is 9.55. The third-order valence-corrected chi connectivity index (χ3v) is 9.55. The van der Waals surface area contributed by atoms with Crippen LogP contribution in [0.15, 0.2) is 68.3 Å². The molecule has 254 valence electrons. The van der Waals surface area contributed by atoms with Gasteiger partial charge in [-0.3, -0.25) is 9.59 Å². The Kier molecular flexibility index (Phi) is 10.1. The van der Waals surface area contributed by atoms with Crippen LogP contribution in [0.5, 0.6) is 11.5 Å². The Morgan fingerprint density at radius 3 is 2.15 bits per heavy atom. The number of benzene rings is 2. The fraction of sp³-hybridized carbons (Fsp3) is 0.452. The second-order valence-corrected chi connectivity index (χ2v) is 15.1. The van der Waals surface area contributed by atoms with E-state index in [1.807, 2.05) is 36.4 Å². The summed E-state index contributed by atoms with van der Waals surface area (Å²) in [6.45, 7) is 23.6. The van der Waals surface area contributed by atoms with Crippen LogP contribution in [0.25, 0.3) is 23.5 Å². The van der Waals surface area contributed by atoms with Crippen LogP contribution in [0.4, 0.5) is 0 Å². The van der Waals surface area contributed by atoms with Crippen LogP contribution < -0.4 is 40.7 Å². The molecule has 48 heavy (non-hydrogen) atoms. The largest absolute Gasteiger partial charge is 0.493 e. The Bertz CT molecular complexity index is 2030. The van der Waals surface area contributed by atoms with Crippen molar-refractivity contribution in [3.63, 3.8) is 0 Å². The zero-order valence-electron chi connectivity index (χ0n) is 30.5. The molecule has 2 aromatic rings. The van der Waals surface area contributed by atoms with Crippen LogP contribution in [0, 0.1) is 11.3 Å². The standard InChI is InChI=1S/C42H52NO5/c1-11-26(12-2)25-46-30-16-18-32-28(22-38(42(8,9)10)48-36(32)24-30)20-34-39(44)33(40(34)45)19-27-21-37(41(5,6)7)47-35-23-29(15-17-31(27)35)43(13-3)14-4/h15-24,26,28H,11-14,25H2,1-10H3/q+1. The average molecular weight is 651 g/mol. The molecule has 2 heterocycles. The zero-order valence-corrected chi connectivity index (χ0v) is 30.5. The summed E-state index contributed by atoms with van der Waals surface area (Å²) in [6.07, 6.45) is 7.69. The zero-order chi connectivity index (χ0) is 35.0. The van der Waals surface area contributed by atoms with Gasteiger partial charge in [0.15, 0.2) is 0 Å². The molecule has 0 radical (unpaired) electrons. The summed E-state index contributed by atoms with van der Waals surface area (Å²) in [5.41, 5.74) is 1.55. The Morgan fingerprint density at radius 1 is 0.854 bits per heavy atom. The summed E-state index contributed by atoms with van der Waals surface area (Å²) >= 11 is 0. The van der Waals surface area contributed by atoms with Gasteiger partial charge in [0.25, 0.3) is 0 Å². The van der Waals surface area contributed by atoms with Crippen LogP contribution in [0.2, 0.25) is 0 Å². The highest BCUT2D eigenvalue weighted by atomic mass is 16.5. The van der Waals surface area contributed by atoms with Gasteiger partial charge < -0.3 is 13.9 Å². The molecule has 0 saturated heterocycles. The van der Waals surface area contributed by atoms with E-state index in [9.17, 15) is 9.59 Å². The van der Waals surface area contributed by atoms with Crippen molar-refractivity contribution in [2.45, 2.75) is 93.4 Å². The summed E-state index contributed by atoms with van der Waals surface area (Å²) in [7, 11) is 0. The molecule has 5 rings (SSSR count). The first-order valence-electron chi connectivity index (χ1n) is 17.5. The number of hydrogen-bond donors (Lipinski definition) is 0. The first-order valence-corrected chi connectivity index (χ1v) is 17.5. The molecule has 6 heteroatoms. The highest BCUT2D eigenvalue weighted by molar-refractivity contribution is 5.73. The Labute approximate surface area is 284 Å². The van der Waals surface area contributed by atoms with Gasteiger partial charge in [0.2, 0.25) is 16.2 Å². The summed E-state index contributed by atoms with van der Waals surface area (Å²) in [4.78, 5) is 27.4. The van der Waals surface area contributed by atoms with E-state index in [1.54, 1.807) is 12.2 Å². The number of rotatable bonds is 9. The van der Waals surface area contributed by atoms with Crippen LogP contribution in [-0.2, 0) is 5.41 Å². The monoisotopic (exact) mass is 650 g/mol. The van der Waals surface area contributed by atoms with E-state index in [2.05, 4.69) is 85.9 Å². The molecule has 0 spiro atoms. The van der Waals surface area contributed by atoms with E-state index in [0.29, 0.717) is 18.3 Å². The maximum absolute atomic E-state index is 13.7. The molecular formula is C42H52NO5+. The first-order chi connectivity index (χ1) is 22.7. The van der Waals surface area contributed by atoms with Crippen molar-refractivity contribution in [1.82, 2.24) is 4.58 Å². The Morgan fingerprint density at radius 2 is 1.54 bits per heavy atom. The molecule has 0 bridgehead atoms. The second kappa shape index (κ2) is 13.7. The SMILES string of the molecule is CCC(CC)COc1ccc2c(c1)OC(C(C)(C)C)=CC2C=c1c(=O)c(=Cc2cc(C(C)(C)C)oc3cc(=[N+](CC)CC)ccc2-3)c1=O. The quantitative estimate of drug-likeness (QED) is 0.191. The van der Waals surface area contributed by atoms with Gasteiger partial charge in [0, 0.05) is 40.0 Å². The van der Waals surface area contributed by atoms with Gasteiger partial charge in [-0.2, -0.15) is 0 Å². The third kappa shape index (κ3) is 7.13. The Balaban J connectivity index is 1.60. The van der Waals surface area contributed by atoms with E-state index in [1.165, 1.54) is 0 Å². The fourth-order valence-corrected chi connectivity index (χ4v) is 6.18. The molecule has 1 atom stereocenters. The van der Waals surface area contributed by atoms with E-state index in [0.717, 1.165) is 71.0 Å². The number of ether oxygens (including phenoxy) is 2. The molecule has 0 N–H and O–H groups in total. The lowest BCUT2D eigenvalue weighted by atomic mass is 9.86. The number of allylic oxidation sites excluding steroid dienone is 2. The minimum Gasteiger partial charge on any atom is -0.493 e. The Hall–Kier alpha value is -4.19. The van der Waals surface area contributed by atoms with Gasteiger partial charge in [-0.15, -0.1) is 0 Å². The summed E-state index contributed by atoms with van der Waals surface area (Å²) in [6, 6.07) is 14.0. The summed E-state index contributed by atoms with van der Waals surface area (Å²) in [5, 5.41) is 1.48. The molecule has 2 aromatic carbocycles. The summed E-state index contributed by atoms with van der Waals surface area (Å²) < 4.78 is 21.2. The van der Waals surface area contributed by atoms with Crippen molar-refractivity contribution in [3.05, 3.63) is 107 Å². The van der Waals surface area contributed by atoms with Crippen LogP contribution >= 0.6 is 0 Å². The molecule has 0 amide bonds. The summed E-state index contributed by atoms with van der Waals surface area (Å²) in [5.74, 6) is 3.97. The van der Waals surface area contributed by atoms with Crippen LogP contribution in [-0.4, -0.2) is 19.7 Å². The molecule has 0 fully saturated rings. The van der Waals surface area contributed by atoms with Crippen molar-refractivity contribution >= 4 is 12.2 Å². The van der Waals surface area contributed by atoms with Crippen molar-refractivity contribution in [1.29, 1.82) is 0 Å². The van der Waals surface area contributed by atoms with E-state index >= 15 is 0 Å². The molecule has 2 aliphatic heterocycles. The van der Waals surface area contributed by atoms with E-state index in [4.69, 9.17) is 13.9 Å². The van der Waals surface area contributed by atoms with Crippen molar-refractivity contribution in [2.24, 2.45) is 11.3 Å². The lowest BCUT2D eigenvalue weighted by molar-refractivity contribution is 0.237. The minimum absolute atomic E-state index is 0.193. The lowest BCUT2D eigenvalue weighted by Gasteiger charge is -2.30. The molecule has 0 aromatic heterocycles. The van der Waals surface area contributed by atoms with E-state index < -0.39 is 0 Å². The van der Waals surface area contributed by atoms with Gasteiger partial charge in [0.05, 0.1) is 23.1 Å². The number of nitrogens with zero attached hydrogens (tertiary/aromatic N) is 1. The molecule has 6 nitrogen and oxygen atoms in total. The topological polar surface area (TPSA) is 68.8 Å². The lowest BCUT2D eigenvalue weighted by Crippen LogP contribution is -2.64. The van der Waals surface area contributed by atoms with Gasteiger partial charge in [-0.25, -0.2) is 4.58 Å². The predicted octanol–water partition coefficient (Wildman–Crippen LogP) is 6.62. The molecule has 1 aliphatic carbocycles. The van der Waals surface area contributed by atoms with Crippen molar-refractivity contribution in [2.75, 3.05) is 19.7 Å². The normalized spacial score (nSPS) is 14.9. The van der Waals surface area contributed by atoms with Gasteiger partial charge >= 0.3 is 0 Å². The highest BCUT2D eigenvalue weighted by Gasteiger charge is 2.29. The van der Waals surface area contributed by atoms with Crippen LogP contribution in [0.1, 0.15) is 105 Å². The maximum atomic E-state index is 13.7. The molecular weight excluding hydrogens is 598 g/mol. The van der Waals surface area contributed by atoms with Gasteiger partial charge in [-0.05, 0) is 55.7 Å². The molecule has 0 saturated carbocycles. The van der Waals surface area contributed by atoms with Crippen LogP contribution in [0.3, 0.4) is 0 Å². The maximum Gasteiger partial charge on any atom is 0.203 e. The fourth-order valence-electron chi connectivity index (χ4n) is 6.18. The number of hydrogen-bond acceptors (Lipinski definition) is 5. The minimum atomic E-state index is -0.289. The van der Waals surface area contributed by atoms with Gasteiger partial charge in [0.1, 0.15) is 41.9 Å². The molecule has 3 aliphatic rings. The highest BCUT2D eigenvalue weighted by Crippen LogP contribution is 2.42. The smallest absolute Gasteiger partial charge is 0.203 e.